The Balaban J connectivity index is 2.04. The molecule has 1 aromatic carbocycles. The second kappa shape index (κ2) is 5.67. The average Bonchev–Trinajstić information content (AvgIpc) is 2.36. The number of thiocarbonyl (C=S) groups is 1. The minimum atomic E-state index is 0.762. The SMILES string of the molecule is Cc1c(Cl)cccc1NC(=S)N1CCNCC1. The molecule has 0 spiro atoms. The summed E-state index contributed by atoms with van der Waals surface area (Å²) in [6.45, 7) is 5.86. The number of nitrogens with zero attached hydrogens (tertiary/aromatic N) is 1. The molecule has 0 saturated carbocycles. The zero-order valence-corrected chi connectivity index (χ0v) is 11.4. The van der Waals surface area contributed by atoms with Gasteiger partial charge in [-0.1, -0.05) is 17.7 Å². The first-order valence-electron chi connectivity index (χ1n) is 5.70. The summed E-state index contributed by atoms with van der Waals surface area (Å²) < 4.78 is 0. The van der Waals surface area contributed by atoms with E-state index in [9.17, 15) is 0 Å². The maximum absolute atomic E-state index is 6.08. The summed E-state index contributed by atoms with van der Waals surface area (Å²) >= 11 is 11.5. The average molecular weight is 270 g/mol. The highest BCUT2D eigenvalue weighted by Crippen LogP contribution is 2.23. The maximum Gasteiger partial charge on any atom is 0.173 e. The molecule has 92 valence electrons. The quantitative estimate of drug-likeness (QED) is 0.765. The molecular weight excluding hydrogens is 254 g/mol. The number of nitrogens with one attached hydrogen (secondary N) is 2. The van der Waals surface area contributed by atoms with Crippen molar-refractivity contribution in [1.29, 1.82) is 0 Å². The summed E-state index contributed by atoms with van der Waals surface area (Å²) in [7, 11) is 0. The summed E-state index contributed by atoms with van der Waals surface area (Å²) in [6.07, 6.45) is 0. The first-order chi connectivity index (χ1) is 8.18. The predicted octanol–water partition coefficient (Wildman–Crippen LogP) is 2.25. The van der Waals surface area contributed by atoms with E-state index in [-0.39, 0.29) is 0 Å². The molecule has 0 atom stereocenters. The van der Waals surface area contributed by atoms with Crippen LogP contribution in [0.5, 0.6) is 0 Å². The van der Waals surface area contributed by atoms with Crippen molar-refractivity contribution in [1.82, 2.24) is 10.2 Å². The Morgan fingerprint density at radius 1 is 1.41 bits per heavy atom. The van der Waals surface area contributed by atoms with Gasteiger partial charge < -0.3 is 15.5 Å². The van der Waals surface area contributed by atoms with Crippen LogP contribution < -0.4 is 10.6 Å². The first-order valence-corrected chi connectivity index (χ1v) is 6.49. The van der Waals surface area contributed by atoms with E-state index >= 15 is 0 Å². The predicted molar refractivity (Wildman–Crippen MR) is 76.9 cm³/mol. The van der Waals surface area contributed by atoms with E-state index in [1.807, 2.05) is 25.1 Å². The Morgan fingerprint density at radius 3 is 2.82 bits per heavy atom. The van der Waals surface area contributed by atoms with E-state index < -0.39 is 0 Å². The Kier molecular flexibility index (Phi) is 4.20. The number of anilines is 1. The van der Waals surface area contributed by atoms with Crippen molar-refractivity contribution in [2.45, 2.75) is 6.92 Å². The zero-order chi connectivity index (χ0) is 12.3. The Bertz CT molecular complexity index is 416. The summed E-state index contributed by atoms with van der Waals surface area (Å²) in [5.41, 5.74) is 2.02. The topological polar surface area (TPSA) is 27.3 Å². The molecule has 0 radical (unpaired) electrons. The first kappa shape index (κ1) is 12.6. The van der Waals surface area contributed by atoms with Crippen molar-refractivity contribution in [3.05, 3.63) is 28.8 Å². The number of halogens is 1. The molecule has 0 aromatic heterocycles. The van der Waals surface area contributed by atoms with Crippen LogP contribution in [0.15, 0.2) is 18.2 Å². The van der Waals surface area contributed by atoms with Crippen LogP contribution in [0.2, 0.25) is 5.02 Å². The Morgan fingerprint density at radius 2 is 2.12 bits per heavy atom. The van der Waals surface area contributed by atoms with Gasteiger partial charge in [-0.3, -0.25) is 0 Å². The van der Waals surface area contributed by atoms with Crippen molar-refractivity contribution in [2.24, 2.45) is 0 Å². The molecule has 0 amide bonds. The van der Waals surface area contributed by atoms with Crippen molar-refractivity contribution in [3.63, 3.8) is 0 Å². The fourth-order valence-corrected chi connectivity index (χ4v) is 2.27. The monoisotopic (exact) mass is 269 g/mol. The van der Waals surface area contributed by atoms with E-state index in [4.69, 9.17) is 23.8 Å². The van der Waals surface area contributed by atoms with Crippen LogP contribution in [0.3, 0.4) is 0 Å². The highest BCUT2D eigenvalue weighted by molar-refractivity contribution is 7.80. The molecule has 1 saturated heterocycles. The second-order valence-electron chi connectivity index (χ2n) is 4.08. The highest BCUT2D eigenvalue weighted by Gasteiger charge is 2.13. The Labute approximate surface area is 112 Å². The molecule has 2 N–H and O–H groups in total. The molecule has 1 fully saturated rings. The molecule has 0 unspecified atom stereocenters. The van der Waals surface area contributed by atoms with E-state index in [0.717, 1.165) is 47.6 Å². The normalized spacial score (nSPS) is 15.8. The van der Waals surface area contributed by atoms with E-state index in [1.165, 1.54) is 0 Å². The molecule has 2 rings (SSSR count). The summed E-state index contributed by atoms with van der Waals surface area (Å²) in [4.78, 5) is 2.17. The Hall–Kier alpha value is -0.840. The molecule has 5 heteroatoms. The fourth-order valence-electron chi connectivity index (χ4n) is 1.81. The third kappa shape index (κ3) is 3.09. The fraction of sp³-hybridized carbons (Fsp3) is 0.417. The molecule has 1 heterocycles. The number of hydrogen-bond donors (Lipinski definition) is 2. The number of benzene rings is 1. The maximum atomic E-state index is 6.08. The van der Waals surface area contributed by atoms with Gasteiger partial charge in [0.15, 0.2) is 5.11 Å². The van der Waals surface area contributed by atoms with Gasteiger partial charge in [-0.25, -0.2) is 0 Å². The number of rotatable bonds is 1. The zero-order valence-electron chi connectivity index (χ0n) is 9.79. The third-order valence-electron chi connectivity index (χ3n) is 2.91. The van der Waals surface area contributed by atoms with Crippen LogP contribution in [-0.2, 0) is 0 Å². The smallest absolute Gasteiger partial charge is 0.173 e. The lowest BCUT2D eigenvalue weighted by Gasteiger charge is -2.30. The molecule has 1 aliphatic rings. The lowest BCUT2D eigenvalue weighted by molar-refractivity contribution is 0.362. The summed E-state index contributed by atoms with van der Waals surface area (Å²) in [5.74, 6) is 0. The van der Waals surface area contributed by atoms with Gasteiger partial charge >= 0.3 is 0 Å². The molecule has 1 aromatic rings. The third-order valence-corrected chi connectivity index (χ3v) is 3.68. The lowest BCUT2D eigenvalue weighted by Crippen LogP contribution is -2.47. The van der Waals surface area contributed by atoms with Gasteiger partial charge in [-0.05, 0) is 36.8 Å². The largest absolute Gasteiger partial charge is 0.346 e. The van der Waals surface area contributed by atoms with E-state index in [1.54, 1.807) is 0 Å². The van der Waals surface area contributed by atoms with Gasteiger partial charge in [0.1, 0.15) is 0 Å². The van der Waals surface area contributed by atoms with Gasteiger partial charge in [-0.15, -0.1) is 0 Å². The van der Waals surface area contributed by atoms with Crippen LogP contribution in [-0.4, -0.2) is 36.2 Å². The molecule has 0 bridgehead atoms. The standard InChI is InChI=1S/C12H16ClN3S/c1-9-10(13)3-2-4-11(9)15-12(17)16-7-5-14-6-8-16/h2-4,14H,5-8H2,1H3,(H,15,17). The number of piperazine rings is 1. The van der Waals surface area contributed by atoms with Gasteiger partial charge in [0.25, 0.3) is 0 Å². The van der Waals surface area contributed by atoms with Crippen molar-refractivity contribution < 1.29 is 0 Å². The van der Waals surface area contributed by atoms with Gasteiger partial charge in [0.2, 0.25) is 0 Å². The van der Waals surface area contributed by atoms with Crippen LogP contribution in [0.4, 0.5) is 5.69 Å². The number of hydrogen-bond acceptors (Lipinski definition) is 2. The van der Waals surface area contributed by atoms with Crippen LogP contribution >= 0.6 is 23.8 Å². The van der Waals surface area contributed by atoms with Crippen molar-refractivity contribution >= 4 is 34.6 Å². The summed E-state index contributed by atoms with van der Waals surface area (Å²) in [5, 5.41) is 8.11. The molecule has 17 heavy (non-hydrogen) atoms. The lowest BCUT2D eigenvalue weighted by atomic mass is 10.2. The van der Waals surface area contributed by atoms with E-state index in [2.05, 4.69) is 15.5 Å². The van der Waals surface area contributed by atoms with E-state index in [0.29, 0.717) is 0 Å². The van der Waals surface area contributed by atoms with Crippen LogP contribution in [0, 0.1) is 6.92 Å². The van der Waals surface area contributed by atoms with Gasteiger partial charge in [0.05, 0.1) is 0 Å². The summed E-state index contributed by atoms with van der Waals surface area (Å²) in [6, 6.07) is 5.81. The van der Waals surface area contributed by atoms with Crippen LogP contribution in [0.25, 0.3) is 0 Å². The molecule has 0 aliphatic carbocycles. The minimum absolute atomic E-state index is 0.762. The minimum Gasteiger partial charge on any atom is -0.346 e. The molecule has 1 aliphatic heterocycles. The van der Waals surface area contributed by atoms with Crippen molar-refractivity contribution in [2.75, 3.05) is 31.5 Å². The second-order valence-corrected chi connectivity index (χ2v) is 4.87. The molecule has 3 nitrogen and oxygen atoms in total. The highest BCUT2D eigenvalue weighted by atomic mass is 35.5. The van der Waals surface area contributed by atoms with Gasteiger partial charge in [-0.2, -0.15) is 0 Å². The van der Waals surface area contributed by atoms with Crippen LogP contribution in [0.1, 0.15) is 5.56 Å². The molecular formula is C12H16ClN3S. The van der Waals surface area contributed by atoms with Gasteiger partial charge in [0, 0.05) is 36.9 Å². The van der Waals surface area contributed by atoms with Crippen molar-refractivity contribution in [3.8, 4) is 0 Å².